The predicted molar refractivity (Wildman–Crippen MR) is 53.1 cm³/mol. The van der Waals surface area contributed by atoms with Crippen LogP contribution in [-0.2, 0) is 4.79 Å². The van der Waals surface area contributed by atoms with Crippen LogP contribution in [0.5, 0.6) is 0 Å². The molecule has 0 aromatic heterocycles. The Bertz CT molecular complexity index is 220. The van der Waals surface area contributed by atoms with E-state index in [9.17, 15) is 4.79 Å². The molecule has 12 heavy (non-hydrogen) atoms. The monoisotopic (exact) mass is 166 g/mol. The molecule has 0 saturated heterocycles. The number of allylic oxidation sites excluding steroid dienone is 4. The van der Waals surface area contributed by atoms with Crippen LogP contribution in [-0.4, -0.2) is 5.78 Å². The molecule has 1 heteroatoms. The van der Waals surface area contributed by atoms with Crippen molar-refractivity contribution in [2.45, 2.75) is 41.5 Å². The van der Waals surface area contributed by atoms with Gasteiger partial charge in [0, 0.05) is 0 Å². The lowest BCUT2D eigenvalue weighted by Crippen LogP contribution is -2.03. The maximum atomic E-state index is 11.6. The van der Waals surface area contributed by atoms with E-state index in [2.05, 4.69) is 0 Å². The molecule has 0 aromatic carbocycles. The van der Waals surface area contributed by atoms with E-state index in [4.69, 9.17) is 0 Å². The van der Waals surface area contributed by atoms with Gasteiger partial charge in [0.05, 0.1) is 0 Å². The van der Waals surface area contributed by atoms with Gasteiger partial charge in [0.1, 0.15) is 0 Å². The molecule has 0 fully saturated rings. The molecule has 0 amide bonds. The molecule has 0 radical (unpaired) electrons. The standard InChI is InChI=1S/C11H18O/c1-7(2)9(5)11(12)10(6)8(3)4/h1-6H3. The summed E-state index contributed by atoms with van der Waals surface area (Å²) in [5.41, 5.74) is 3.93. The van der Waals surface area contributed by atoms with E-state index >= 15 is 0 Å². The molecule has 0 rings (SSSR count). The second kappa shape index (κ2) is 4.24. The second-order valence-electron chi connectivity index (χ2n) is 3.58. The van der Waals surface area contributed by atoms with E-state index in [-0.39, 0.29) is 5.78 Å². The van der Waals surface area contributed by atoms with Gasteiger partial charge in [-0.25, -0.2) is 0 Å². The van der Waals surface area contributed by atoms with Gasteiger partial charge in [-0.05, 0) is 52.7 Å². The smallest absolute Gasteiger partial charge is 0.184 e. The highest BCUT2D eigenvalue weighted by Gasteiger charge is 2.08. The maximum Gasteiger partial charge on any atom is 0.184 e. The summed E-state index contributed by atoms with van der Waals surface area (Å²) in [4.78, 5) is 11.6. The predicted octanol–water partition coefficient (Wildman–Crippen LogP) is 3.27. The quantitative estimate of drug-likeness (QED) is 0.575. The molecule has 0 unspecified atom stereocenters. The molecule has 0 aromatic rings. The first-order chi connectivity index (χ1) is 5.37. The summed E-state index contributed by atoms with van der Waals surface area (Å²) < 4.78 is 0. The third-order valence-corrected chi connectivity index (χ3v) is 2.18. The second-order valence-corrected chi connectivity index (χ2v) is 3.58. The lowest BCUT2D eigenvalue weighted by molar-refractivity contribution is -0.112. The minimum Gasteiger partial charge on any atom is -0.289 e. The van der Waals surface area contributed by atoms with E-state index < -0.39 is 0 Å². The van der Waals surface area contributed by atoms with Crippen LogP contribution in [0.4, 0.5) is 0 Å². The Balaban J connectivity index is 4.90. The Kier molecular flexibility index (Phi) is 3.94. The molecule has 0 aliphatic rings. The average molecular weight is 166 g/mol. The van der Waals surface area contributed by atoms with Crippen LogP contribution < -0.4 is 0 Å². The fraction of sp³-hybridized carbons (Fsp3) is 0.545. The lowest BCUT2D eigenvalue weighted by Gasteiger charge is -2.04. The van der Waals surface area contributed by atoms with Crippen molar-refractivity contribution in [1.29, 1.82) is 0 Å². The highest BCUT2D eigenvalue weighted by atomic mass is 16.1. The number of hydrogen-bond acceptors (Lipinski definition) is 1. The van der Waals surface area contributed by atoms with Crippen molar-refractivity contribution in [3.8, 4) is 0 Å². The first kappa shape index (κ1) is 11.2. The van der Waals surface area contributed by atoms with Crippen LogP contribution in [0.15, 0.2) is 22.3 Å². The Morgan fingerprint density at radius 1 is 0.667 bits per heavy atom. The summed E-state index contributed by atoms with van der Waals surface area (Å²) in [6.45, 7) is 11.6. The van der Waals surface area contributed by atoms with E-state index in [1.54, 1.807) is 0 Å². The fourth-order valence-electron chi connectivity index (χ4n) is 0.735. The van der Waals surface area contributed by atoms with Gasteiger partial charge in [0.15, 0.2) is 5.78 Å². The normalized spacial score (nSPS) is 9.17. The third kappa shape index (κ3) is 2.65. The molecular formula is C11H18O. The summed E-state index contributed by atoms with van der Waals surface area (Å²) in [6, 6.07) is 0. The van der Waals surface area contributed by atoms with Crippen molar-refractivity contribution in [1.82, 2.24) is 0 Å². The van der Waals surface area contributed by atoms with Crippen molar-refractivity contribution in [3.63, 3.8) is 0 Å². The number of carbonyl (C=O) groups excluding carboxylic acids is 1. The molecule has 0 bridgehead atoms. The Labute approximate surface area is 75.2 Å². The van der Waals surface area contributed by atoms with Crippen LogP contribution in [0.1, 0.15) is 41.5 Å². The first-order valence-electron chi connectivity index (χ1n) is 4.20. The van der Waals surface area contributed by atoms with Gasteiger partial charge in [0.25, 0.3) is 0 Å². The first-order valence-corrected chi connectivity index (χ1v) is 4.20. The molecule has 0 atom stereocenters. The van der Waals surface area contributed by atoms with Gasteiger partial charge in [0.2, 0.25) is 0 Å². The van der Waals surface area contributed by atoms with E-state index in [1.807, 2.05) is 41.5 Å². The van der Waals surface area contributed by atoms with E-state index in [1.165, 1.54) is 0 Å². The van der Waals surface area contributed by atoms with Gasteiger partial charge in [-0.1, -0.05) is 11.1 Å². The average Bonchev–Trinajstić information content (AvgIpc) is 2.00. The van der Waals surface area contributed by atoms with E-state index in [0.29, 0.717) is 0 Å². The minimum atomic E-state index is 0.176. The molecule has 0 aliphatic carbocycles. The Hall–Kier alpha value is -0.850. The molecule has 1 nitrogen and oxygen atoms in total. The topological polar surface area (TPSA) is 17.1 Å². The molecule has 68 valence electrons. The number of Topliss-reactive ketones (excluding diaryl/α,β-unsaturated/α-hetero) is 1. The Morgan fingerprint density at radius 3 is 1.08 bits per heavy atom. The van der Waals surface area contributed by atoms with Gasteiger partial charge in [-0.3, -0.25) is 4.79 Å². The summed E-state index contributed by atoms with van der Waals surface area (Å²) >= 11 is 0. The van der Waals surface area contributed by atoms with E-state index in [0.717, 1.165) is 22.3 Å². The molecule has 0 N–H and O–H groups in total. The molecule has 0 saturated carbocycles. The zero-order valence-corrected chi connectivity index (χ0v) is 8.91. The lowest BCUT2D eigenvalue weighted by atomic mass is 9.99. The largest absolute Gasteiger partial charge is 0.289 e. The van der Waals surface area contributed by atoms with Crippen molar-refractivity contribution in [2.24, 2.45) is 0 Å². The molecular weight excluding hydrogens is 148 g/mol. The third-order valence-electron chi connectivity index (χ3n) is 2.18. The van der Waals surface area contributed by atoms with Gasteiger partial charge < -0.3 is 0 Å². The zero-order chi connectivity index (χ0) is 9.89. The number of rotatable bonds is 2. The van der Waals surface area contributed by atoms with Gasteiger partial charge >= 0.3 is 0 Å². The summed E-state index contributed by atoms with van der Waals surface area (Å²) in [6.07, 6.45) is 0. The summed E-state index contributed by atoms with van der Waals surface area (Å²) in [5, 5.41) is 0. The van der Waals surface area contributed by atoms with Gasteiger partial charge in [-0.2, -0.15) is 0 Å². The number of hydrogen-bond donors (Lipinski definition) is 0. The highest BCUT2D eigenvalue weighted by Crippen LogP contribution is 2.12. The molecule has 0 aliphatic heterocycles. The van der Waals surface area contributed by atoms with Crippen LogP contribution in [0.25, 0.3) is 0 Å². The van der Waals surface area contributed by atoms with Crippen molar-refractivity contribution >= 4 is 5.78 Å². The van der Waals surface area contributed by atoms with Crippen LogP contribution in [0.3, 0.4) is 0 Å². The summed E-state index contributed by atoms with van der Waals surface area (Å²) in [7, 11) is 0. The fourth-order valence-corrected chi connectivity index (χ4v) is 0.735. The maximum absolute atomic E-state index is 11.6. The highest BCUT2D eigenvalue weighted by molar-refractivity contribution is 6.08. The van der Waals surface area contributed by atoms with Crippen molar-refractivity contribution in [2.75, 3.05) is 0 Å². The van der Waals surface area contributed by atoms with Crippen LogP contribution in [0.2, 0.25) is 0 Å². The van der Waals surface area contributed by atoms with Crippen molar-refractivity contribution < 1.29 is 4.79 Å². The zero-order valence-electron chi connectivity index (χ0n) is 8.91. The van der Waals surface area contributed by atoms with Crippen LogP contribution in [0, 0.1) is 0 Å². The minimum absolute atomic E-state index is 0.176. The van der Waals surface area contributed by atoms with Crippen LogP contribution >= 0.6 is 0 Å². The Morgan fingerprint density at radius 2 is 0.917 bits per heavy atom. The number of carbonyl (C=O) groups is 1. The molecule has 0 heterocycles. The number of ketones is 1. The van der Waals surface area contributed by atoms with Crippen molar-refractivity contribution in [3.05, 3.63) is 22.3 Å². The molecule has 0 spiro atoms. The summed E-state index contributed by atoms with van der Waals surface area (Å²) in [5.74, 6) is 0.176. The SMILES string of the molecule is CC(C)=C(C)C(=O)C(C)=C(C)C. The van der Waals surface area contributed by atoms with Gasteiger partial charge in [-0.15, -0.1) is 0 Å².